The standard InChI is InChI=1S/C18H13F2NO3/c1-23-15-9-5-8-13(17(15)24-18(19)20)10-14(11-21)16(22)12-6-3-2-4-7-12/h2-10,18H,1H3/b14-10+. The summed E-state index contributed by atoms with van der Waals surface area (Å²) in [6, 6.07) is 14.4. The quantitative estimate of drug-likeness (QED) is 0.455. The molecule has 0 saturated heterocycles. The predicted octanol–water partition coefficient (Wildman–Crippen LogP) is 4.09. The number of methoxy groups -OCH3 is 1. The Bertz CT molecular complexity index is 796. The van der Waals surface area contributed by atoms with Gasteiger partial charge in [-0.1, -0.05) is 42.5 Å². The van der Waals surface area contributed by atoms with Crippen LogP contribution in [0.4, 0.5) is 8.78 Å². The van der Waals surface area contributed by atoms with Crippen molar-refractivity contribution >= 4 is 11.9 Å². The summed E-state index contributed by atoms with van der Waals surface area (Å²) in [6.45, 7) is -3.07. The largest absolute Gasteiger partial charge is 0.493 e. The molecule has 4 nitrogen and oxygen atoms in total. The molecule has 2 aromatic rings. The molecule has 0 fully saturated rings. The maximum atomic E-state index is 12.6. The molecule has 0 N–H and O–H groups in total. The number of hydrogen-bond acceptors (Lipinski definition) is 4. The molecule has 0 aliphatic carbocycles. The number of nitrogens with zero attached hydrogens (tertiary/aromatic N) is 1. The van der Waals surface area contributed by atoms with Crippen molar-refractivity contribution in [3.05, 3.63) is 65.2 Å². The number of rotatable bonds is 6. The van der Waals surface area contributed by atoms with Crippen molar-refractivity contribution in [1.29, 1.82) is 5.26 Å². The lowest BCUT2D eigenvalue weighted by atomic mass is 10.0. The lowest BCUT2D eigenvalue weighted by Crippen LogP contribution is -2.06. The lowest BCUT2D eigenvalue weighted by molar-refractivity contribution is -0.0513. The number of benzene rings is 2. The number of nitriles is 1. The third kappa shape index (κ3) is 3.96. The van der Waals surface area contributed by atoms with E-state index >= 15 is 0 Å². The molecule has 0 atom stereocenters. The molecule has 0 spiro atoms. The van der Waals surface area contributed by atoms with Gasteiger partial charge in [0.25, 0.3) is 0 Å². The van der Waals surface area contributed by atoms with Crippen LogP contribution in [0.3, 0.4) is 0 Å². The van der Waals surface area contributed by atoms with Gasteiger partial charge in [-0.2, -0.15) is 14.0 Å². The van der Waals surface area contributed by atoms with Crippen LogP contribution in [0.1, 0.15) is 15.9 Å². The summed E-state index contributed by atoms with van der Waals surface area (Å²) >= 11 is 0. The second-order valence-electron chi connectivity index (χ2n) is 4.62. The average Bonchev–Trinajstić information content (AvgIpc) is 2.60. The number of para-hydroxylation sites is 1. The van der Waals surface area contributed by atoms with Crippen LogP contribution >= 0.6 is 0 Å². The van der Waals surface area contributed by atoms with Crippen molar-refractivity contribution in [3.8, 4) is 17.6 Å². The summed E-state index contributed by atoms with van der Waals surface area (Å²) in [5.41, 5.74) is 0.272. The summed E-state index contributed by atoms with van der Waals surface area (Å²) in [5, 5.41) is 9.26. The third-order valence-electron chi connectivity index (χ3n) is 3.14. The van der Waals surface area contributed by atoms with E-state index in [2.05, 4.69) is 4.74 Å². The number of allylic oxidation sites excluding steroid dienone is 1. The fourth-order valence-electron chi connectivity index (χ4n) is 2.07. The molecule has 2 aromatic carbocycles. The number of halogens is 2. The highest BCUT2D eigenvalue weighted by molar-refractivity contribution is 6.14. The average molecular weight is 329 g/mol. The first kappa shape index (κ1) is 17.2. The summed E-state index contributed by atoms with van der Waals surface area (Å²) < 4.78 is 34.7. The summed E-state index contributed by atoms with van der Waals surface area (Å²) in [6.07, 6.45) is 1.20. The van der Waals surface area contributed by atoms with Crippen LogP contribution in [0.15, 0.2) is 54.1 Å². The van der Waals surface area contributed by atoms with Gasteiger partial charge in [0.2, 0.25) is 5.78 Å². The number of Topliss-reactive ketones (excluding diaryl/α,β-unsaturated/α-hetero) is 1. The topological polar surface area (TPSA) is 59.3 Å². The van der Waals surface area contributed by atoms with Gasteiger partial charge in [0.15, 0.2) is 11.5 Å². The van der Waals surface area contributed by atoms with Crippen molar-refractivity contribution in [2.45, 2.75) is 6.61 Å². The van der Waals surface area contributed by atoms with E-state index in [1.165, 1.54) is 25.3 Å². The van der Waals surface area contributed by atoms with Gasteiger partial charge in [-0.15, -0.1) is 0 Å². The third-order valence-corrected chi connectivity index (χ3v) is 3.14. The van der Waals surface area contributed by atoms with Gasteiger partial charge in [0.1, 0.15) is 11.6 Å². The minimum Gasteiger partial charge on any atom is -0.493 e. The zero-order valence-electron chi connectivity index (χ0n) is 12.7. The first-order chi connectivity index (χ1) is 11.6. The van der Waals surface area contributed by atoms with Crippen LogP contribution in [0, 0.1) is 11.3 Å². The van der Waals surface area contributed by atoms with E-state index in [1.807, 2.05) is 0 Å². The highest BCUT2D eigenvalue weighted by atomic mass is 19.3. The Kier molecular flexibility index (Phi) is 5.63. The number of ether oxygens (including phenoxy) is 2. The molecule has 2 rings (SSSR count). The van der Waals surface area contributed by atoms with Gasteiger partial charge >= 0.3 is 6.61 Å². The van der Waals surface area contributed by atoms with E-state index in [1.54, 1.807) is 42.5 Å². The lowest BCUT2D eigenvalue weighted by Gasteiger charge is -2.12. The number of hydrogen-bond donors (Lipinski definition) is 0. The Morgan fingerprint density at radius 3 is 2.46 bits per heavy atom. The zero-order chi connectivity index (χ0) is 17.5. The zero-order valence-corrected chi connectivity index (χ0v) is 12.7. The first-order valence-electron chi connectivity index (χ1n) is 6.90. The van der Waals surface area contributed by atoms with E-state index in [-0.39, 0.29) is 22.6 Å². The van der Waals surface area contributed by atoms with Crippen molar-refractivity contribution in [2.24, 2.45) is 0 Å². The number of carbonyl (C=O) groups excluding carboxylic acids is 1. The molecule has 0 radical (unpaired) electrons. The Balaban J connectivity index is 2.48. The maximum absolute atomic E-state index is 12.6. The van der Waals surface area contributed by atoms with Gasteiger partial charge in [-0.25, -0.2) is 0 Å². The molecule has 0 aromatic heterocycles. The summed E-state index contributed by atoms with van der Waals surface area (Å²) in [7, 11) is 1.31. The SMILES string of the molecule is COc1cccc(/C=C(\C#N)C(=O)c2ccccc2)c1OC(F)F. The van der Waals surface area contributed by atoms with Crippen LogP contribution < -0.4 is 9.47 Å². The number of alkyl halides is 2. The van der Waals surface area contributed by atoms with Crippen LogP contribution in [-0.4, -0.2) is 19.5 Å². The van der Waals surface area contributed by atoms with Gasteiger partial charge in [0, 0.05) is 11.1 Å². The van der Waals surface area contributed by atoms with Gasteiger partial charge < -0.3 is 9.47 Å². The molecular formula is C18H13F2NO3. The van der Waals surface area contributed by atoms with E-state index in [0.29, 0.717) is 5.56 Å². The molecular weight excluding hydrogens is 316 g/mol. The van der Waals surface area contributed by atoms with Crippen LogP contribution in [0.25, 0.3) is 6.08 Å². The first-order valence-corrected chi connectivity index (χ1v) is 6.90. The van der Waals surface area contributed by atoms with Gasteiger partial charge in [-0.3, -0.25) is 4.79 Å². The van der Waals surface area contributed by atoms with Crippen molar-refractivity contribution in [1.82, 2.24) is 0 Å². The van der Waals surface area contributed by atoms with Crippen LogP contribution in [-0.2, 0) is 0 Å². The molecule has 0 unspecified atom stereocenters. The number of ketones is 1. The van der Waals surface area contributed by atoms with E-state index in [9.17, 15) is 18.8 Å². The van der Waals surface area contributed by atoms with Gasteiger partial charge in [-0.05, 0) is 12.1 Å². The van der Waals surface area contributed by atoms with Crippen molar-refractivity contribution in [2.75, 3.05) is 7.11 Å². The number of carbonyl (C=O) groups is 1. The highest BCUT2D eigenvalue weighted by Crippen LogP contribution is 2.34. The van der Waals surface area contributed by atoms with Crippen molar-refractivity contribution < 1.29 is 23.0 Å². The fraction of sp³-hybridized carbons (Fsp3) is 0.111. The normalized spacial score (nSPS) is 11.0. The Morgan fingerprint density at radius 2 is 1.88 bits per heavy atom. The molecule has 0 aliphatic rings. The molecule has 24 heavy (non-hydrogen) atoms. The summed E-state index contributed by atoms with van der Waals surface area (Å²) in [4.78, 5) is 12.4. The predicted molar refractivity (Wildman–Crippen MR) is 84.0 cm³/mol. The van der Waals surface area contributed by atoms with Gasteiger partial charge in [0.05, 0.1) is 7.11 Å². The molecule has 0 aliphatic heterocycles. The van der Waals surface area contributed by atoms with Crippen molar-refractivity contribution in [3.63, 3.8) is 0 Å². The molecule has 0 heterocycles. The van der Waals surface area contributed by atoms with E-state index in [4.69, 9.17) is 4.74 Å². The summed E-state index contributed by atoms with van der Waals surface area (Å²) in [5.74, 6) is -0.666. The second-order valence-corrected chi connectivity index (χ2v) is 4.62. The Morgan fingerprint density at radius 1 is 1.17 bits per heavy atom. The minimum absolute atomic E-state index is 0.0773. The fourth-order valence-corrected chi connectivity index (χ4v) is 2.07. The minimum atomic E-state index is -3.07. The monoisotopic (exact) mass is 329 g/mol. The van der Waals surface area contributed by atoms with E-state index < -0.39 is 12.4 Å². The van der Waals surface area contributed by atoms with E-state index in [0.717, 1.165) is 0 Å². The highest BCUT2D eigenvalue weighted by Gasteiger charge is 2.17. The molecule has 0 amide bonds. The maximum Gasteiger partial charge on any atom is 0.387 e. The Hall–Kier alpha value is -3.20. The van der Waals surface area contributed by atoms with Crippen LogP contribution in [0.5, 0.6) is 11.5 Å². The van der Waals surface area contributed by atoms with Crippen LogP contribution in [0.2, 0.25) is 0 Å². The Labute approximate surface area is 137 Å². The molecule has 0 bridgehead atoms. The smallest absolute Gasteiger partial charge is 0.387 e. The molecule has 6 heteroatoms. The molecule has 0 saturated carbocycles. The second kappa shape index (κ2) is 7.88. The molecule has 122 valence electrons.